The normalized spacial score (nSPS) is 11.8. The van der Waals surface area contributed by atoms with Crippen LogP contribution in [0.15, 0.2) is 46.9 Å². The second-order valence-electron chi connectivity index (χ2n) is 5.72. The van der Waals surface area contributed by atoms with Gasteiger partial charge in [0.2, 0.25) is 0 Å². The molecule has 0 aliphatic heterocycles. The molecular formula is C19H16O. The van der Waals surface area contributed by atoms with Crippen LogP contribution in [0.2, 0.25) is 0 Å². The van der Waals surface area contributed by atoms with E-state index in [4.69, 9.17) is 4.42 Å². The Kier molecular flexibility index (Phi) is 2.23. The van der Waals surface area contributed by atoms with E-state index in [1.807, 2.05) is 0 Å². The first kappa shape index (κ1) is 11.5. The van der Waals surface area contributed by atoms with Gasteiger partial charge in [0, 0.05) is 10.8 Å². The van der Waals surface area contributed by atoms with Crippen LogP contribution in [-0.2, 0) is 0 Å². The van der Waals surface area contributed by atoms with Gasteiger partial charge in [0.1, 0.15) is 11.2 Å². The van der Waals surface area contributed by atoms with Gasteiger partial charge in [-0.1, -0.05) is 35.4 Å². The lowest BCUT2D eigenvalue weighted by Crippen LogP contribution is -1.82. The topological polar surface area (TPSA) is 13.1 Å². The maximum Gasteiger partial charge on any atom is 0.136 e. The molecule has 1 heteroatoms. The molecule has 0 bridgehead atoms. The number of benzene rings is 3. The first-order valence-corrected chi connectivity index (χ1v) is 6.96. The van der Waals surface area contributed by atoms with Crippen molar-refractivity contribution in [2.75, 3.05) is 0 Å². The number of aryl methyl sites for hydroxylation is 3. The summed E-state index contributed by atoms with van der Waals surface area (Å²) in [5.41, 5.74) is 5.79. The van der Waals surface area contributed by atoms with Gasteiger partial charge in [-0.2, -0.15) is 0 Å². The third-order valence-corrected chi connectivity index (χ3v) is 4.09. The maximum atomic E-state index is 6.03. The zero-order chi connectivity index (χ0) is 13.9. The molecule has 20 heavy (non-hydrogen) atoms. The van der Waals surface area contributed by atoms with Crippen molar-refractivity contribution in [2.45, 2.75) is 20.8 Å². The van der Waals surface area contributed by atoms with Crippen LogP contribution in [0.5, 0.6) is 0 Å². The summed E-state index contributed by atoms with van der Waals surface area (Å²) in [6.45, 7) is 6.42. The summed E-state index contributed by atoms with van der Waals surface area (Å²) in [6.07, 6.45) is 0. The first-order valence-electron chi connectivity index (χ1n) is 6.96. The highest BCUT2D eigenvalue weighted by atomic mass is 16.3. The zero-order valence-electron chi connectivity index (χ0n) is 11.9. The monoisotopic (exact) mass is 260 g/mol. The van der Waals surface area contributed by atoms with Gasteiger partial charge in [-0.15, -0.1) is 0 Å². The van der Waals surface area contributed by atoms with Crippen molar-refractivity contribution >= 4 is 32.7 Å². The fourth-order valence-electron chi connectivity index (χ4n) is 3.09. The number of fused-ring (bicyclic) bond motifs is 5. The Labute approximate surface area is 117 Å². The third kappa shape index (κ3) is 1.50. The molecule has 0 saturated heterocycles. The van der Waals surface area contributed by atoms with E-state index in [0.717, 1.165) is 11.2 Å². The molecule has 0 amide bonds. The van der Waals surface area contributed by atoms with E-state index in [-0.39, 0.29) is 0 Å². The molecule has 1 heterocycles. The summed E-state index contributed by atoms with van der Waals surface area (Å²) < 4.78 is 6.03. The molecule has 0 saturated carbocycles. The van der Waals surface area contributed by atoms with Gasteiger partial charge < -0.3 is 4.42 Å². The number of rotatable bonds is 0. The number of furan rings is 1. The lowest BCUT2D eigenvalue weighted by Gasteiger charge is -2.05. The van der Waals surface area contributed by atoms with E-state index >= 15 is 0 Å². The van der Waals surface area contributed by atoms with Crippen molar-refractivity contribution in [3.8, 4) is 0 Å². The highest BCUT2D eigenvalue weighted by Crippen LogP contribution is 2.36. The molecule has 0 fully saturated rings. The molecule has 0 N–H and O–H groups in total. The Morgan fingerprint density at radius 3 is 2.15 bits per heavy atom. The summed E-state index contributed by atoms with van der Waals surface area (Å²) in [5.74, 6) is 0. The molecule has 0 aliphatic carbocycles. The quantitative estimate of drug-likeness (QED) is 0.397. The third-order valence-electron chi connectivity index (χ3n) is 4.09. The standard InChI is InChI=1S/C19H16O/c1-11-4-6-14-15(8-11)13(3)10-18-19(14)16-9-12(2)5-7-17(16)20-18/h4-10H,1-3H3. The molecule has 4 rings (SSSR count). The molecular weight excluding hydrogens is 244 g/mol. The van der Waals surface area contributed by atoms with Crippen LogP contribution in [0, 0.1) is 20.8 Å². The Hall–Kier alpha value is -2.28. The van der Waals surface area contributed by atoms with Gasteiger partial charge >= 0.3 is 0 Å². The largest absolute Gasteiger partial charge is 0.456 e. The van der Waals surface area contributed by atoms with E-state index in [0.29, 0.717) is 0 Å². The minimum Gasteiger partial charge on any atom is -0.456 e. The van der Waals surface area contributed by atoms with Crippen molar-refractivity contribution in [2.24, 2.45) is 0 Å². The molecule has 1 nitrogen and oxygen atoms in total. The second-order valence-corrected chi connectivity index (χ2v) is 5.72. The predicted molar refractivity (Wildman–Crippen MR) is 85.4 cm³/mol. The average Bonchev–Trinajstić information content (AvgIpc) is 2.76. The zero-order valence-corrected chi connectivity index (χ0v) is 11.9. The predicted octanol–water partition coefficient (Wildman–Crippen LogP) is 5.66. The van der Waals surface area contributed by atoms with E-state index in [2.05, 4.69) is 63.2 Å². The minimum absolute atomic E-state index is 0.970. The molecule has 3 aromatic carbocycles. The summed E-state index contributed by atoms with van der Waals surface area (Å²) in [7, 11) is 0. The minimum atomic E-state index is 0.970. The van der Waals surface area contributed by atoms with Crippen LogP contribution in [0.1, 0.15) is 16.7 Å². The lowest BCUT2D eigenvalue weighted by molar-refractivity contribution is 0.669. The number of hydrogen-bond acceptors (Lipinski definition) is 1. The van der Waals surface area contributed by atoms with Crippen LogP contribution >= 0.6 is 0 Å². The molecule has 1 aromatic heterocycles. The Bertz CT molecular complexity index is 973. The van der Waals surface area contributed by atoms with E-state index in [1.165, 1.54) is 38.2 Å². The van der Waals surface area contributed by atoms with Crippen LogP contribution < -0.4 is 0 Å². The lowest BCUT2D eigenvalue weighted by atomic mass is 9.98. The van der Waals surface area contributed by atoms with E-state index in [1.54, 1.807) is 0 Å². The van der Waals surface area contributed by atoms with Gasteiger partial charge in [-0.3, -0.25) is 0 Å². The highest BCUT2D eigenvalue weighted by molar-refractivity contribution is 6.19. The van der Waals surface area contributed by atoms with Gasteiger partial charge in [-0.05, 0) is 55.3 Å². The van der Waals surface area contributed by atoms with Crippen molar-refractivity contribution in [3.05, 3.63) is 59.2 Å². The van der Waals surface area contributed by atoms with E-state index < -0.39 is 0 Å². The Morgan fingerprint density at radius 1 is 0.650 bits per heavy atom. The molecule has 0 radical (unpaired) electrons. The second kappa shape index (κ2) is 3.86. The van der Waals surface area contributed by atoms with Crippen molar-refractivity contribution in [1.29, 1.82) is 0 Å². The summed E-state index contributed by atoms with van der Waals surface area (Å²) in [4.78, 5) is 0. The number of hydrogen-bond donors (Lipinski definition) is 0. The van der Waals surface area contributed by atoms with E-state index in [9.17, 15) is 0 Å². The van der Waals surface area contributed by atoms with Gasteiger partial charge in [0.05, 0.1) is 0 Å². The van der Waals surface area contributed by atoms with Crippen LogP contribution in [0.25, 0.3) is 32.7 Å². The van der Waals surface area contributed by atoms with Crippen LogP contribution in [0.4, 0.5) is 0 Å². The van der Waals surface area contributed by atoms with Crippen LogP contribution in [-0.4, -0.2) is 0 Å². The molecule has 0 aliphatic rings. The summed E-state index contributed by atoms with van der Waals surface area (Å²) >= 11 is 0. The van der Waals surface area contributed by atoms with Crippen molar-refractivity contribution < 1.29 is 4.42 Å². The molecule has 0 unspecified atom stereocenters. The fourth-order valence-corrected chi connectivity index (χ4v) is 3.09. The Morgan fingerprint density at radius 2 is 1.35 bits per heavy atom. The summed E-state index contributed by atoms with van der Waals surface area (Å²) in [6, 6.07) is 15.2. The smallest absolute Gasteiger partial charge is 0.136 e. The first-order chi connectivity index (χ1) is 9.63. The van der Waals surface area contributed by atoms with Gasteiger partial charge in [0.15, 0.2) is 0 Å². The molecule has 0 spiro atoms. The Balaban J connectivity index is 2.32. The van der Waals surface area contributed by atoms with Crippen molar-refractivity contribution in [1.82, 2.24) is 0 Å². The summed E-state index contributed by atoms with van der Waals surface area (Å²) in [5, 5.41) is 5.06. The fraction of sp³-hybridized carbons (Fsp3) is 0.158. The highest BCUT2D eigenvalue weighted by Gasteiger charge is 2.12. The van der Waals surface area contributed by atoms with Crippen LogP contribution in [0.3, 0.4) is 0 Å². The maximum absolute atomic E-state index is 6.03. The van der Waals surface area contributed by atoms with Crippen molar-refractivity contribution in [3.63, 3.8) is 0 Å². The molecule has 4 aromatic rings. The molecule has 0 atom stereocenters. The average molecular weight is 260 g/mol. The molecule has 98 valence electrons. The SMILES string of the molecule is Cc1ccc2c(c1)c(C)cc1oc3ccc(C)cc3c12. The van der Waals surface area contributed by atoms with Gasteiger partial charge in [0.25, 0.3) is 0 Å². The van der Waals surface area contributed by atoms with Gasteiger partial charge in [-0.25, -0.2) is 0 Å².